The zero-order valence-corrected chi connectivity index (χ0v) is 22.8. The summed E-state index contributed by atoms with van der Waals surface area (Å²) in [6, 6.07) is 12.7. The van der Waals surface area contributed by atoms with Gasteiger partial charge in [0.2, 0.25) is 5.91 Å². The van der Waals surface area contributed by atoms with Crippen LogP contribution in [0.1, 0.15) is 58.1 Å². The van der Waals surface area contributed by atoms with E-state index in [1.807, 2.05) is 13.8 Å². The summed E-state index contributed by atoms with van der Waals surface area (Å²) in [5.74, 6) is -1.90. The molecule has 1 aliphatic rings. The monoisotopic (exact) mass is 533 g/mol. The fraction of sp³-hybridized carbons (Fsp3) is 0.500. The van der Waals surface area contributed by atoms with E-state index in [9.17, 15) is 15.2 Å². The SMILES string of the molecule is CC(C)(C)C[C@@H]1N[C@@H](C(=O)NCC(C)(C)CO)[C@H](c2cccc(Cl)c2F)[C@@]1(C#N)c1ccc(Cl)cc1. The van der Waals surface area contributed by atoms with Gasteiger partial charge in [0.25, 0.3) is 0 Å². The number of amides is 1. The summed E-state index contributed by atoms with van der Waals surface area (Å²) in [6.07, 6.45) is 0.549. The smallest absolute Gasteiger partial charge is 0.237 e. The third-order valence-electron chi connectivity index (χ3n) is 6.85. The van der Waals surface area contributed by atoms with E-state index in [1.165, 1.54) is 6.07 Å². The van der Waals surface area contributed by atoms with Crippen LogP contribution in [0.2, 0.25) is 10.0 Å². The number of rotatable bonds is 7. The van der Waals surface area contributed by atoms with Gasteiger partial charge in [-0.15, -0.1) is 0 Å². The zero-order chi connectivity index (χ0) is 26.9. The van der Waals surface area contributed by atoms with E-state index in [2.05, 4.69) is 37.5 Å². The average molecular weight is 535 g/mol. The third-order valence-corrected chi connectivity index (χ3v) is 7.39. The molecular formula is C28H34Cl2FN3O2. The second-order valence-corrected chi connectivity index (χ2v) is 12.5. The van der Waals surface area contributed by atoms with Crippen molar-refractivity contribution in [2.75, 3.05) is 13.2 Å². The largest absolute Gasteiger partial charge is 0.396 e. The lowest BCUT2D eigenvalue weighted by Gasteiger charge is -2.37. The van der Waals surface area contributed by atoms with Crippen molar-refractivity contribution in [2.45, 2.75) is 64.5 Å². The maximum atomic E-state index is 15.6. The van der Waals surface area contributed by atoms with Gasteiger partial charge in [0.05, 0.1) is 17.1 Å². The Bertz CT molecular complexity index is 1140. The number of nitrogens with zero attached hydrogens (tertiary/aromatic N) is 1. The van der Waals surface area contributed by atoms with Gasteiger partial charge in [0.15, 0.2) is 0 Å². The van der Waals surface area contributed by atoms with Crippen LogP contribution >= 0.6 is 23.2 Å². The van der Waals surface area contributed by atoms with E-state index in [0.29, 0.717) is 17.0 Å². The summed E-state index contributed by atoms with van der Waals surface area (Å²) in [5, 5.41) is 27.3. The average Bonchev–Trinajstić information content (AvgIpc) is 3.13. The first kappa shape index (κ1) is 28.4. The lowest BCUT2D eigenvalue weighted by atomic mass is 9.63. The molecule has 0 saturated carbocycles. The Hall–Kier alpha value is -2.17. The summed E-state index contributed by atoms with van der Waals surface area (Å²) in [6.45, 7) is 9.95. The molecule has 1 fully saturated rings. The molecule has 0 spiro atoms. The summed E-state index contributed by atoms with van der Waals surface area (Å²) < 4.78 is 15.6. The van der Waals surface area contributed by atoms with E-state index in [4.69, 9.17) is 23.2 Å². The summed E-state index contributed by atoms with van der Waals surface area (Å²) in [5.41, 5.74) is -1.19. The molecule has 36 heavy (non-hydrogen) atoms. The van der Waals surface area contributed by atoms with Gasteiger partial charge in [-0.3, -0.25) is 4.79 Å². The van der Waals surface area contributed by atoms with E-state index in [0.717, 1.165) is 0 Å². The Morgan fingerprint density at radius 3 is 2.36 bits per heavy atom. The molecule has 2 aromatic rings. The van der Waals surface area contributed by atoms with Crippen LogP contribution in [-0.2, 0) is 10.2 Å². The van der Waals surface area contributed by atoms with E-state index >= 15 is 4.39 Å². The Balaban J connectivity index is 2.24. The minimum Gasteiger partial charge on any atom is -0.396 e. The Kier molecular flexibility index (Phi) is 8.42. The van der Waals surface area contributed by atoms with Gasteiger partial charge in [-0.1, -0.05) is 82.1 Å². The van der Waals surface area contributed by atoms with Gasteiger partial charge in [-0.25, -0.2) is 4.39 Å². The number of benzene rings is 2. The van der Waals surface area contributed by atoms with E-state index in [-0.39, 0.29) is 35.1 Å². The van der Waals surface area contributed by atoms with Crippen LogP contribution in [0.5, 0.6) is 0 Å². The third kappa shape index (κ3) is 5.70. The van der Waals surface area contributed by atoms with Gasteiger partial charge in [-0.05, 0) is 41.2 Å². The molecule has 2 aromatic carbocycles. The minimum atomic E-state index is -1.29. The highest BCUT2D eigenvalue weighted by Crippen LogP contribution is 2.52. The molecule has 5 nitrogen and oxygen atoms in total. The molecule has 4 atom stereocenters. The number of halogens is 3. The zero-order valence-electron chi connectivity index (χ0n) is 21.3. The van der Waals surface area contributed by atoms with Crippen LogP contribution in [0, 0.1) is 28.0 Å². The minimum absolute atomic E-state index is 0.0738. The molecule has 0 aliphatic carbocycles. The van der Waals surface area contributed by atoms with Crippen LogP contribution in [0.15, 0.2) is 42.5 Å². The van der Waals surface area contributed by atoms with Crippen molar-refractivity contribution in [3.63, 3.8) is 0 Å². The number of carbonyl (C=O) groups excluding carboxylic acids is 1. The number of nitriles is 1. The molecule has 3 rings (SSSR count). The predicted molar refractivity (Wildman–Crippen MR) is 142 cm³/mol. The molecule has 1 aliphatic heterocycles. The molecule has 1 heterocycles. The van der Waals surface area contributed by atoms with Gasteiger partial charge < -0.3 is 15.7 Å². The van der Waals surface area contributed by atoms with Crippen molar-refractivity contribution in [1.82, 2.24) is 10.6 Å². The Labute approximate surface area is 223 Å². The normalized spacial score (nSPS) is 24.4. The van der Waals surface area contributed by atoms with E-state index in [1.54, 1.807) is 36.4 Å². The van der Waals surface area contributed by atoms with Crippen molar-refractivity contribution >= 4 is 29.1 Å². The molecular weight excluding hydrogens is 500 g/mol. The number of aliphatic hydroxyl groups excluding tert-OH is 1. The van der Waals surface area contributed by atoms with Crippen molar-refractivity contribution < 1.29 is 14.3 Å². The van der Waals surface area contributed by atoms with Crippen LogP contribution in [0.25, 0.3) is 0 Å². The van der Waals surface area contributed by atoms with E-state index < -0.39 is 34.6 Å². The number of hydrogen-bond acceptors (Lipinski definition) is 4. The van der Waals surface area contributed by atoms with Gasteiger partial charge in [0, 0.05) is 35.5 Å². The summed E-state index contributed by atoms with van der Waals surface area (Å²) >= 11 is 12.3. The van der Waals surface area contributed by atoms with Crippen molar-refractivity contribution in [3.8, 4) is 6.07 Å². The second kappa shape index (κ2) is 10.7. The first-order chi connectivity index (χ1) is 16.8. The summed E-state index contributed by atoms with van der Waals surface area (Å²) in [7, 11) is 0. The molecule has 0 unspecified atom stereocenters. The number of aliphatic hydroxyl groups is 1. The maximum Gasteiger partial charge on any atom is 0.237 e. The first-order valence-corrected chi connectivity index (χ1v) is 12.8. The van der Waals surface area contributed by atoms with Gasteiger partial charge >= 0.3 is 0 Å². The molecule has 8 heteroatoms. The maximum absolute atomic E-state index is 15.6. The molecule has 194 valence electrons. The Morgan fingerprint density at radius 2 is 1.81 bits per heavy atom. The van der Waals surface area contributed by atoms with Crippen LogP contribution in [0.4, 0.5) is 4.39 Å². The number of carbonyl (C=O) groups is 1. The van der Waals surface area contributed by atoms with Gasteiger partial charge in [0.1, 0.15) is 11.2 Å². The molecule has 0 radical (unpaired) electrons. The standard InChI is InChI=1S/C28H34Cl2FN3O2/c1-26(2,3)13-21-28(14-32,17-9-11-18(29)12-10-17)22(19-7-6-8-20(30)23(19)31)24(34-21)25(36)33-15-27(4,5)16-35/h6-12,21-22,24,34-35H,13,15-16H2,1-5H3,(H,33,36)/t21-,22-,24+,28-/m0/s1. The van der Waals surface area contributed by atoms with Crippen molar-refractivity contribution in [2.24, 2.45) is 10.8 Å². The lowest BCUT2D eigenvalue weighted by molar-refractivity contribution is -0.123. The molecule has 1 amide bonds. The highest BCUT2D eigenvalue weighted by molar-refractivity contribution is 6.31. The highest BCUT2D eigenvalue weighted by atomic mass is 35.5. The quantitative estimate of drug-likeness (QED) is 0.433. The topological polar surface area (TPSA) is 85.2 Å². The molecule has 1 saturated heterocycles. The Morgan fingerprint density at radius 1 is 1.17 bits per heavy atom. The highest BCUT2D eigenvalue weighted by Gasteiger charge is 2.60. The molecule has 0 bridgehead atoms. The van der Waals surface area contributed by atoms with Crippen LogP contribution in [0.3, 0.4) is 0 Å². The second-order valence-electron chi connectivity index (χ2n) is 11.6. The fourth-order valence-corrected chi connectivity index (χ4v) is 5.29. The van der Waals surface area contributed by atoms with Crippen molar-refractivity contribution in [1.29, 1.82) is 5.26 Å². The number of nitrogens with one attached hydrogen (secondary N) is 2. The lowest BCUT2D eigenvalue weighted by Crippen LogP contribution is -2.48. The van der Waals surface area contributed by atoms with Crippen molar-refractivity contribution in [3.05, 3.63) is 69.5 Å². The first-order valence-electron chi connectivity index (χ1n) is 12.0. The van der Waals surface area contributed by atoms with Gasteiger partial charge in [-0.2, -0.15) is 5.26 Å². The molecule has 0 aromatic heterocycles. The summed E-state index contributed by atoms with van der Waals surface area (Å²) in [4.78, 5) is 13.6. The number of hydrogen-bond donors (Lipinski definition) is 3. The predicted octanol–water partition coefficient (Wildman–Crippen LogP) is 5.59. The van der Waals surface area contributed by atoms with Crippen LogP contribution < -0.4 is 10.6 Å². The van der Waals surface area contributed by atoms with Crippen LogP contribution in [-0.4, -0.2) is 36.2 Å². The molecule has 3 N–H and O–H groups in total. The fourth-order valence-electron chi connectivity index (χ4n) is 4.98.